The number of nitrogens with zero attached hydrogens (tertiary/aromatic N) is 2. The van der Waals surface area contributed by atoms with Crippen LogP contribution in [-0.4, -0.2) is 21.9 Å². The van der Waals surface area contributed by atoms with Gasteiger partial charge in [0.2, 0.25) is 5.78 Å². The van der Waals surface area contributed by atoms with E-state index in [0.29, 0.717) is 12.3 Å². The second-order valence-electron chi connectivity index (χ2n) is 2.58. The molecule has 4 nitrogen and oxygen atoms in total. The highest BCUT2D eigenvalue weighted by atomic mass is 16.5. The van der Waals surface area contributed by atoms with Crippen LogP contribution in [0.2, 0.25) is 0 Å². The maximum Gasteiger partial charge on any atom is 0.244 e. The summed E-state index contributed by atoms with van der Waals surface area (Å²) in [6.07, 6.45) is 3.05. The third-order valence-corrected chi connectivity index (χ3v) is 1.62. The molecule has 0 aromatic carbocycles. The molecule has 13 heavy (non-hydrogen) atoms. The minimum absolute atomic E-state index is 0.158. The zero-order valence-electron chi connectivity index (χ0n) is 7.78. The van der Waals surface area contributed by atoms with E-state index in [2.05, 4.69) is 11.6 Å². The van der Waals surface area contributed by atoms with Gasteiger partial charge in [0.1, 0.15) is 5.69 Å². The van der Waals surface area contributed by atoms with Crippen LogP contribution in [0.5, 0.6) is 0 Å². The fraction of sp³-hybridized carbons (Fsp3) is 0.333. The van der Waals surface area contributed by atoms with Crippen LogP contribution in [0.15, 0.2) is 24.9 Å². The first-order chi connectivity index (χ1) is 6.16. The van der Waals surface area contributed by atoms with Crippen LogP contribution in [0.4, 0.5) is 0 Å². The lowest BCUT2D eigenvalue weighted by Gasteiger charge is -2.05. The molecular formula is C9H12N2O2. The molecule has 0 radical (unpaired) electrons. The zero-order chi connectivity index (χ0) is 9.84. The van der Waals surface area contributed by atoms with E-state index in [1.54, 1.807) is 17.9 Å². The third-order valence-electron chi connectivity index (χ3n) is 1.62. The number of carbonyl (C=O) groups is 1. The van der Waals surface area contributed by atoms with Crippen molar-refractivity contribution in [3.8, 4) is 0 Å². The van der Waals surface area contributed by atoms with E-state index < -0.39 is 0 Å². The first kappa shape index (κ1) is 9.51. The summed E-state index contributed by atoms with van der Waals surface area (Å²) in [6, 6.07) is 0. The number of Topliss-reactive ketones (excluding diaryl/α,β-unsaturated/α-hetero) is 1. The summed E-state index contributed by atoms with van der Waals surface area (Å²) in [7, 11) is 1.75. The average molecular weight is 180 g/mol. The number of imidazole rings is 1. The average Bonchev–Trinajstić information content (AvgIpc) is 2.50. The predicted molar refractivity (Wildman–Crippen MR) is 48.3 cm³/mol. The second kappa shape index (κ2) is 3.89. The minimum Gasteiger partial charge on any atom is -0.490 e. The van der Waals surface area contributed by atoms with Gasteiger partial charge in [-0.25, -0.2) is 4.98 Å². The Morgan fingerprint density at radius 3 is 2.92 bits per heavy atom. The van der Waals surface area contributed by atoms with Crippen LogP contribution in [0.3, 0.4) is 0 Å². The van der Waals surface area contributed by atoms with Crippen molar-refractivity contribution in [3.63, 3.8) is 0 Å². The number of aromatic nitrogens is 2. The van der Waals surface area contributed by atoms with Crippen molar-refractivity contribution < 1.29 is 9.53 Å². The molecule has 0 fully saturated rings. The van der Waals surface area contributed by atoms with E-state index in [1.165, 1.54) is 6.20 Å². The molecule has 0 unspecified atom stereocenters. The van der Waals surface area contributed by atoms with Gasteiger partial charge in [-0.05, 0) is 6.92 Å². The van der Waals surface area contributed by atoms with E-state index in [-0.39, 0.29) is 11.5 Å². The first-order valence-corrected chi connectivity index (χ1v) is 3.99. The van der Waals surface area contributed by atoms with Crippen molar-refractivity contribution in [1.29, 1.82) is 0 Å². The largest absolute Gasteiger partial charge is 0.490 e. The molecule has 0 spiro atoms. The molecule has 0 aliphatic rings. The standard InChI is InChI=1S/C9H12N2O2/c1-4-13-7(2)9(12)8-5-10-6-11(8)3/h5-6H,2,4H2,1,3H3. The Labute approximate surface area is 76.8 Å². The highest BCUT2D eigenvalue weighted by Gasteiger charge is 2.14. The van der Waals surface area contributed by atoms with Crippen molar-refractivity contribution >= 4 is 5.78 Å². The number of carbonyl (C=O) groups excluding carboxylic acids is 1. The van der Waals surface area contributed by atoms with Crippen molar-refractivity contribution in [1.82, 2.24) is 9.55 Å². The number of rotatable bonds is 4. The van der Waals surface area contributed by atoms with Crippen LogP contribution in [0.25, 0.3) is 0 Å². The Bertz CT molecular complexity index is 328. The molecule has 0 saturated heterocycles. The van der Waals surface area contributed by atoms with Crippen LogP contribution in [0, 0.1) is 0 Å². The molecule has 0 bridgehead atoms. The lowest BCUT2D eigenvalue weighted by atomic mass is 10.2. The lowest BCUT2D eigenvalue weighted by molar-refractivity contribution is 0.0921. The van der Waals surface area contributed by atoms with Crippen LogP contribution in [0.1, 0.15) is 17.4 Å². The molecule has 0 aliphatic heterocycles. The number of aryl methyl sites for hydroxylation is 1. The normalized spacial score (nSPS) is 9.69. The van der Waals surface area contributed by atoms with Gasteiger partial charge in [-0.1, -0.05) is 6.58 Å². The first-order valence-electron chi connectivity index (χ1n) is 3.99. The minimum atomic E-state index is -0.221. The maximum absolute atomic E-state index is 11.5. The van der Waals surface area contributed by atoms with Crippen molar-refractivity contribution in [3.05, 3.63) is 30.6 Å². The highest BCUT2D eigenvalue weighted by molar-refractivity contribution is 6.05. The van der Waals surface area contributed by atoms with Gasteiger partial charge >= 0.3 is 0 Å². The monoisotopic (exact) mass is 180 g/mol. The van der Waals surface area contributed by atoms with Gasteiger partial charge in [0.25, 0.3) is 0 Å². The van der Waals surface area contributed by atoms with E-state index in [0.717, 1.165) is 0 Å². The number of ketones is 1. The van der Waals surface area contributed by atoms with Gasteiger partial charge in [0, 0.05) is 7.05 Å². The van der Waals surface area contributed by atoms with Crippen LogP contribution in [-0.2, 0) is 11.8 Å². The molecule has 70 valence electrons. The Kier molecular flexibility index (Phi) is 2.84. The Morgan fingerprint density at radius 2 is 2.46 bits per heavy atom. The smallest absolute Gasteiger partial charge is 0.244 e. The quantitative estimate of drug-likeness (QED) is 0.396. The fourth-order valence-corrected chi connectivity index (χ4v) is 0.959. The van der Waals surface area contributed by atoms with E-state index in [9.17, 15) is 4.79 Å². The SMILES string of the molecule is C=C(OCC)C(=O)c1cncn1C. The van der Waals surface area contributed by atoms with Crippen LogP contribution < -0.4 is 0 Å². The molecule has 4 heteroatoms. The molecule has 0 aliphatic carbocycles. The molecule has 0 N–H and O–H groups in total. The number of hydrogen-bond donors (Lipinski definition) is 0. The molecule has 0 amide bonds. The number of allylic oxidation sites excluding steroid dienone is 1. The summed E-state index contributed by atoms with van der Waals surface area (Å²) >= 11 is 0. The zero-order valence-corrected chi connectivity index (χ0v) is 7.78. The topological polar surface area (TPSA) is 44.1 Å². The van der Waals surface area contributed by atoms with Crippen LogP contribution >= 0.6 is 0 Å². The molecule has 1 aromatic rings. The molecule has 1 aromatic heterocycles. The number of hydrogen-bond acceptors (Lipinski definition) is 3. The van der Waals surface area contributed by atoms with Gasteiger partial charge in [-0.3, -0.25) is 4.79 Å². The van der Waals surface area contributed by atoms with Crippen molar-refractivity contribution in [2.24, 2.45) is 7.05 Å². The van der Waals surface area contributed by atoms with E-state index >= 15 is 0 Å². The summed E-state index contributed by atoms with van der Waals surface area (Å²) in [6.45, 7) is 5.78. The Morgan fingerprint density at radius 1 is 1.77 bits per heavy atom. The van der Waals surface area contributed by atoms with E-state index in [4.69, 9.17) is 4.74 Å². The van der Waals surface area contributed by atoms with Gasteiger partial charge in [0.05, 0.1) is 19.1 Å². The second-order valence-corrected chi connectivity index (χ2v) is 2.58. The summed E-state index contributed by atoms with van der Waals surface area (Å²) in [5.74, 6) is -0.0621. The lowest BCUT2D eigenvalue weighted by Crippen LogP contribution is -2.09. The predicted octanol–water partition coefficient (Wildman–Crippen LogP) is 1.15. The summed E-state index contributed by atoms with van der Waals surface area (Å²) < 4.78 is 6.63. The van der Waals surface area contributed by atoms with Gasteiger partial charge in [0.15, 0.2) is 5.76 Å². The Balaban J connectivity index is 2.80. The summed E-state index contributed by atoms with van der Waals surface area (Å²) in [5.41, 5.74) is 0.485. The molecule has 1 heterocycles. The fourth-order valence-electron chi connectivity index (χ4n) is 0.959. The third kappa shape index (κ3) is 1.96. The van der Waals surface area contributed by atoms with Gasteiger partial charge < -0.3 is 9.30 Å². The van der Waals surface area contributed by atoms with Gasteiger partial charge in [-0.15, -0.1) is 0 Å². The van der Waals surface area contributed by atoms with Crippen molar-refractivity contribution in [2.75, 3.05) is 6.61 Å². The molecular weight excluding hydrogens is 168 g/mol. The molecule has 0 saturated carbocycles. The summed E-state index contributed by atoms with van der Waals surface area (Å²) in [4.78, 5) is 15.4. The Hall–Kier alpha value is -1.58. The van der Waals surface area contributed by atoms with Gasteiger partial charge in [-0.2, -0.15) is 0 Å². The highest BCUT2D eigenvalue weighted by Crippen LogP contribution is 2.06. The van der Waals surface area contributed by atoms with E-state index in [1.807, 2.05) is 6.92 Å². The summed E-state index contributed by atoms with van der Waals surface area (Å²) in [5, 5.41) is 0. The molecule has 1 rings (SSSR count). The number of ether oxygens (including phenoxy) is 1. The maximum atomic E-state index is 11.5. The van der Waals surface area contributed by atoms with Crippen molar-refractivity contribution in [2.45, 2.75) is 6.92 Å². The molecule has 0 atom stereocenters.